The van der Waals surface area contributed by atoms with Crippen molar-refractivity contribution in [2.75, 3.05) is 16.7 Å². The second kappa shape index (κ2) is 13.1. The van der Waals surface area contributed by atoms with E-state index in [0.29, 0.717) is 11.4 Å². The highest BCUT2D eigenvalue weighted by atomic mass is 35.5. The number of hydrogen-bond donors (Lipinski definition) is 1. The lowest BCUT2D eigenvalue weighted by Gasteiger charge is -2.25. The van der Waals surface area contributed by atoms with E-state index in [1.807, 2.05) is 30.3 Å². The molecule has 5 aromatic rings. The van der Waals surface area contributed by atoms with E-state index in [4.69, 9.17) is 16.3 Å². The van der Waals surface area contributed by atoms with Gasteiger partial charge in [0.05, 0.1) is 35.5 Å². The van der Waals surface area contributed by atoms with Crippen molar-refractivity contribution < 1.29 is 27.1 Å². The van der Waals surface area contributed by atoms with Crippen molar-refractivity contribution in [2.45, 2.75) is 11.4 Å². The molecule has 44 heavy (non-hydrogen) atoms. The van der Waals surface area contributed by atoms with Gasteiger partial charge in [-0.15, -0.1) is 0 Å². The van der Waals surface area contributed by atoms with Gasteiger partial charge in [0.2, 0.25) is 0 Å². The molecule has 5 aromatic carbocycles. The van der Waals surface area contributed by atoms with Crippen molar-refractivity contribution in [3.8, 4) is 5.75 Å². The minimum atomic E-state index is -4.17. The van der Waals surface area contributed by atoms with Crippen molar-refractivity contribution in [3.05, 3.63) is 154 Å². The van der Waals surface area contributed by atoms with E-state index < -0.39 is 27.5 Å². The molecule has 0 aliphatic carbocycles. The van der Waals surface area contributed by atoms with Gasteiger partial charge in [-0.05, 0) is 78.4 Å². The quantitative estimate of drug-likeness (QED) is 0.163. The van der Waals surface area contributed by atoms with Crippen LogP contribution in [-0.4, -0.2) is 27.2 Å². The molecule has 0 fully saturated rings. The van der Waals surface area contributed by atoms with Crippen LogP contribution in [0.1, 0.15) is 31.8 Å². The topological polar surface area (TPSA) is 92.8 Å². The molecule has 0 saturated carbocycles. The molecule has 0 atom stereocenters. The summed E-state index contributed by atoms with van der Waals surface area (Å²) in [7, 11) is -2.65. The molecule has 1 amide bonds. The second-order valence-electron chi connectivity index (χ2n) is 9.68. The van der Waals surface area contributed by atoms with E-state index in [-0.39, 0.29) is 38.8 Å². The van der Waals surface area contributed by atoms with Gasteiger partial charge in [0.1, 0.15) is 11.6 Å². The summed E-state index contributed by atoms with van der Waals surface area (Å²) >= 11 is 6.13. The minimum absolute atomic E-state index is 0.0201. The predicted octanol–water partition coefficient (Wildman–Crippen LogP) is 7.37. The molecule has 10 heteroatoms. The number of nitrogens with one attached hydrogen (secondary N) is 1. The summed E-state index contributed by atoms with van der Waals surface area (Å²) in [6.45, 7) is 0.0399. The third kappa shape index (κ3) is 6.64. The fourth-order valence-electron chi connectivity index (χ4n) is 4.54. The molecule has 0 aliphatic heterocycles. The van der Waals surface area contributed by atoms with Crippen molar-refractivity contribution in [2.24, 2.45) is 0 Å². The van der Waals surface area contributed by atoms with Crippen molar-refractivity contribution in [1.29, 1.82) is 0 Å². The molecule has 0 heterocycles. The number of amides is 1. The number of ketones is 1. The van der Waals surface area contributed by atoms with E-state index in [1.54, 1.807) is 24.3 Å². The summed E-state index contributed by atoms with van der Waals surface area (Å²) in [6.07, 6.45) is 0. The number of halogens is 2. The Bertz CT molecular complexity index is 1930. The first-order chi connectivity index (χ1) is 21.2. The Morgan fingerprint density at radius 3 is 2.23 bits per heavy atom. The normalized spacial score (nSPS) is 11.1. The van der Waals surface area contributed by atoms with E-state index >= 15 is 0 Å². The molecule has 0 unspecified atom stereocenters. The fraction of sp³-hybridized carbons (Fsp3) is 0.0588. The monoisotopic (exact) mass is 628 g/mol. The van der Waals surface area contributed by atoms with Crippen LogP contribution in [0.5, 0.6) is 5.75 Å². The fourth-order valence-corrected chi connectivity index (χ4v) is 6.21. The van der Waals surface area contributed by atoms with Crippen LogP contribution < -0.4 is 14.4 Å². The van der Waals surface area contributed by atoms with Gasteiger partial charge >= 0.3 is 0 Å². The average molecular weight is 629 g/mol. The average Bonchev–Trinajstić information content (AvgIpc) is 3.05. The lowest BCUT2D eigenvalue weighted by atomic mass is 10.0. The highest BCUT2D eigenvalue weighted by Crippen LogP contribution is 2.29. The van der Waals surface area contributed by atoms with Crippen LogP contribution in [-0.2, 0) is 16.6 Å². The molecular weight excluding hydrogens is 603 g/mol. The minimum Gasteiger partial charge on any atom is -0.497 e. The zero-order valence-corrected chi connectivity index (χ0v) is 25.0. The van der Waals surface area contributed by atoms with Crippen LogP contribution in [0.4, 0.5) is 15.8 Å². The summed E-state index contributed by atoms with van der Waals surface area (Å²) in [6, 6.07) is 31.1. The Hall–Kier alpha value is -4.99. The Balaban J connectivity index is 1.47. The summed E-state index contributed by atoms with van der Waals surface area (Å²) in [4.78, 5) is 26.5. The van der Waals surface area contributed by atoms with Crippen LogP contribution in [0.15, 0.2) is 126 Å². The Morgan fingerprint density at radius 2 is 1.52 bits per heavy atom. The number of methoxy groups -OCH3 is 1. The summed E-state index contributed by atoms with van der Waals surface area (Å²) < 4.78 is 49.0. The van der Waals surface area contributed by atoms with E-state index in [0.717, 1.165) is 11.6 Å². The predicted molar refractivity (Wildman–Crippen MR) is 168 cm³/mol. The maximum atomic E-state index is 14.4. The van der Waals surface area contributed by atoms with Gasteiger partial charge in [-0.25, -0.2) is 12.8 Å². The zero-order chi connectivity index (χ0) is 31.3. The second-order valence-corrected chi connectivity index (χ2v) is 12.0. The smallest absolute Gasteiger partial charge is 0.264 e. The van der Waals surface area contributed by atoms with Crippen LogP contribution >= 0.6 is 11.6 Å². The highest BCUT2D eigenvalue weighted by molar-refractivity contribution is 7.92. The number of carbonyl (C=O) groups is 2. The van der Waals surface area contributed by atoms with Crippen LogP contribution in [0.25, 0.3) is 0 Å². The number of anilines is 2. The first-order valence-corrected chi connectivity index (χ1v) is 15.2. The number of nitrogens with zero attached hydrogens (tertiary/aromatic N) is 1. The number of carbonyl (C=O) groups excluding carboxylic acids is 2. The standard InChI is InChI=1S/C34H26ClFN2O5S/c1-43-27-17-15-26(16-18-27)38(22-23-8-3-2-4-9-23)44(41,42)28-11-7-10-24(20-28)34(40)37-32-19-14-25(35)21-30(32)33(39)29-12-5-6-13-31(29)36/h2-21H,22H2,1H3,(H,37,40). The van der Waals surface area contributed by atoms with E-state index in [9.17, 15) is 22.4 Å². The highest BCUT2D eigenvalue weighted by Gasteiger charge is 2.27. The van der Waals surface area contributed by atoms with Gasteiger partial charge in [-0.1, -0.05) is 60.1 Å². The molecule has 5 rings (SSSR count). The number of rotatable bonds is 10. The van der Waals surface area contributed by atoms with E-state index in [1.165, 1.54) is 72.1 Å². The lowest BCUT2D eigenvalue weighted by Crippen LogP contribution is -2.30. The molecule has 0 aromatic heterocycles. The van der Waals surface area contributed by atoms with Crippen LogP contribution in [0, 0.1) is 5.82 Å². The number of ether oxygens (including phenoxy) is 1. The maximum absolute atomic E-state index is 14.4. The van der Waals surface area contributed by atoms with Gasteiger partial charge in [-0.3, -0.25) is 13.9 Å². The first-order valence-electron chi connectivity index (χ1n) is 13.4. The number of hydrogen-bond acceptors (Lipinski definition) is 5. The zero-order valence-electron chi connectivity index (χ0n) is 23.4. The van der Waals surface area contributed by atoms with Crippen molar-refractivity contribution in [3.63, 3.8) is 0 Å². The number of sulfonamides is 1. The largest absolute Gasteiger partial charge is 0.497 e. The Kier molecular flexibility index (Phi) is 9.08. The Morgan fingerprint density at radius 1 is 0.818 bits per heavy atom. The molecule has 7 nitrogen and oxygen atoms in total. The Labute approximate surface area is 259 Å². The third-order valence-corrected chi connectivity index (χ3v) is 8.81. The first kappa shape index (κ1) is 30.5. The van der Waals surface area contributed by atoms with Gasteiger partial charge in [-0.2, -0.15) is 0 Å². The molecule has 1 N–H and O–H groups in total. The van der Waals surface area contributed by atoms with Gasteiger partial charge < -0.3 is 10.1 Å². The molecule has 222 valence electrons. The SMILES string of the molecule is COc1ccc(N(Cc2ccccc2)S(=O)(=O)c2cccc(C(=O)Nc3ccc(Cl)cc3C(=O)c3ccccc3F)c2)cc1. The molecule has 0 aliphatic rings. The van der Waals surface area contributed by atoms with Crippen molar-refractivity contribution >= 4 is 44.7 Å². The molecule has 0 bridgehead atoms. The van der Waals surface area contributed by atoms with Gasteiger partial charge in [0.25, 0.3) is 15.9 Å². The molecule has 0 spiro atoms. The molecule has 0 saturated heterocycles. The lowest BCUT2D eigenvalue weighted by molar-refractivity contribution is 0.102. The third-order valence-electron chi connectivity index (χ3n) is 6.81. The number of benzene rings is 5. The van der Waals surface area contributed by atoms with Crippen LogP contribution in [0.2, 0.25) is 5.02 Å². The molecule has 0 radical (unpaired) electrons. The van der Waals surface area contributed by atoms with E-state index in [2.05, 4.69) is 5.32 Å². The maximum Gasteiger partial charge on any atom is 0.264 e. The van der Waals surface area contributed by atoms with Crippen LogP contribution in [0.3, 0.4) is 0 Å². The van der Waals surface area contributed by atoms with Gasteiger partial charge in [0.15, 0.2) is 5.78 Å². The molecular formula is C34H26ClFN2O5S. The summed E-state index contributed by atoms with van der Waals surface area (Å²) in [5, 5.41) is 2.87. The summed E-state index contributed by atoms with van der Waals surface area (Å²) in [5.74, 6) is -1.50. The van der Waals surface area contributed by atoms with Gasteiger partial charge in [0, 0.05) is 16.1 Å². The van der Waals surface area contributed by atoms with Crippen molar-refractivity contribution in [1.82, 2.24) is 0 Å². The summed E-state index contributed by atoms with van der Waals surface area (Å²) in [5.41, 5.74) is 1.07.